The molecule has 7 nitrogen and oxygen atoms in total. The molecule has 28 heavy (non-hydrogen) atoms. The fourth-order valence-corrected chi connectivity index (χ4v) is 3.88. The summed E-state index contributed by atoms with van der Waals surface area (Å²) in [4.78, 5) is 41.2. The number of carbonyl (C=O) groups is 3. The second-order valence-corrected chi connectivity index (χ2v) is 7.79. The van der Waals surface area contributed by atoms with Crippen LogP contribution in [0.5, 0.6) is 0 Å². The van der Waals surface area contributed by atoms with Crippen LogP contribution in [0.4, 0.5) is 10.5 Å². The summed E-state index contributed by atoms with van der Waals surface area (Å²) in [5.41, 5.74) is 2.97. The van der Waals surface area contributed by atoms with E-state index >= 15 is 0 Å². The fourth-order valence-electron chi connectivity index (χ4n) is 3.88. The third kappa shape index (κ3) is 3.84. The minimum Gasteiger partial charge on any atom is -0.450 e. The summed E-state index contributed by atoms with van der Waals surface area (Å²) in [5, 5.41) is 3.00. The Balaban J connectivity index is 1.65. The van der Waals surface area contributed by atoms with E-state index in [9.17, 15) is 14.4 Å². The molecule has 3 amide bonds. The van der Waals surface area contributed by atoms with Crippen molar-refractivity contribution in [3.05, 3.63) is 28.8 Å². The standard InChI is InChI=1S/C21H29N3O4/c1-5-28-20(27)24-10-8-23(9-11-24)19(26)21(6-7-21)18(25)22-17-15(3)12-14(2)13-16(17)4/h12-13H,5-11H2,1-4H3,(H,22,25). The maximum atomic E-state index is 13.1. The predicted octanol–water partition coefficient (Wildman–Crippen LogP) is 2.63. The number of carbonyl (C=O) groups excluding carboxylic acids is 3. The van der Waals surface area contributed by atoms with Crippen molar-refractivity contribution >= 4 is 23.6 Å². The average molecular weight is 387 g/mol. The number of nitrogens with one attached hydrogen (secondary N) is 1. The van der Waals surface area contributed by atoms with Gasteiger partial charge in [-0.25, -0.2) is 4.79 Å². The van der Waals surface area contributed by atoms with Crippen LogP contribution in [-0.4, -0.2) is 60.5 Å². The summed E-state index contributed by atoms with van der Waals surface area (Å²) in [7, 11) is 0. The van der Waals surface area contributed by atoms with Gasteiger partial charge in [0.2, 0.25) is 11.8 Å². The van der Waals surface area contributed by atoms with Gasteiger partial charge in [-0.05, 0) is 51.7 Å². The van der Waals surface area contributed by atoms with E-state index in [1.165, 1.54) is 0 Å². The maximum absolute atomic E-state index is 13.1. The van der Waals surface area contributed by atoms with E-state index in [1.807, 2.05) is 32.9 Å². The molecular formula is C21H29N3O4. The number of rotatable bonds is 4. The van der Waals surface area contributed by atoms with Crippen LogP contribution >= 0.6 is 0 Å². The number of amides is 3. The summed E-state index contributed by atoms with van der Waals surface area (Å²) < 4.78 is 5.01. The molecule has 152 valence electrons. The van der Waals surface area contributed by atoms with E-state index in [-0.39, 0.29) is 17.9 Å². The van der Waals surface area contributed by atoms with Gasteiger partial charge in [0, 0.05) is 31.9 Å². The lowest BCUT2D eigenvalue weighted by molar-refractivity contribution is -0.143. The molecule has 2 fully saturated rings. The minimum atomic E-state index is -0.962. The quantitative estimate of drug-likeness (QED) is 0.806. The van der Waals surface area contributed by atoms with Gasteiger partial charge >= 0.3 is 6.09 Å². The summed E-state index contributed by atoms with van der Waals surface area (Å²) in [6.07, 6.45) is 0.790. The Labute approximate surface area is 166 Å². The van der Waals surface area contributed by atoms with Crippen molar-refractivity contribution in [2.75, 3.05) is 38.1 Å². The normalized spacial score (nSPS) is 17.9. The molecule has 1 saturated heterocycles. The van der Waals surface area contributed by atoms with E-state index in [0.29, 0.717) is 45.6 Å². The van der Waals surface area contributed by atoms with E-state index < -0.39 is 5.41 Å². The molecule has 1 heterocycles. The molecular weight excluding hydrogens is 358 g/mol. The number of nitrogens with zero attached hydrogens (tertiary/aromatic N) is 2. The van der Waals surface area contributed by atoms with Crippen LogP contribution in [0.15, 0.2) is 12.1 Å². The van der Waals surface area contributed by atoms with E-state index in [1.54, 1.807) is 16.7 Å². The van der Waals surface area contributed by atoms with E-state index in [4.69, 9.17) is 4.74 Å². The van der Waals surface area contributed by atoms with Crippen LogP contribution in [0.1, 0.15) is 36.5 Å². The summed E-state index contributed by atoms with van der Waals surface area (Å²) >= 11 is 0. The highest BCUT2D eigenvalue weighted by Crippen LogP contribution is 2.48. The van der Waals surface area contributed by atoms with Crippen molar-refractivity contribution in [3.8, 4) is 0 Å². The molecule has 1 saturated carbocycles. The van der Waals surface area contributed by atoms with Gasteiger partial charge in [0.05, 0.1) is 6.61 Å². The summed E-state index contributed by atoms with van der Waals surface area (Å²) in [6.45, 7) is 9.76. The van der Waals surface area contributed by atoms with Crippen molar-refractivity contribution in [1.82, 2.24) is 9.80 Å². The lowest BCUT2D eigenvalue weighted by Gasteiger charge is -2.35. The Morgan fingerprint density at radius 2 is 1.54 bits per heavy atom. The molecule has 0 bridgehead atoms. The number of benzene rings is 1. The highest BCUT2D eigenvalue weighted by molar-refractivity contribution is 6.13. The topological polar surface area (TPSA) is 79.0 Å². The van der Waals surface area contributed by atoms with Crippen LogP contribution < -0.4 is 5.32 Å². The first kappa shape index (κ1) is 20.2. The Kier molecular flexibility index (Phi) is 5.63. The van der Waals surface area contributed by atoms with Crippen LogP contribution in [0.25, 0.3) is 0 Å². The third-order valence-electron chi connectivity index (χ3n) is 5.60. The van der Waals surface area contributed by atoms with E-state index in [0.717, 1.165) is 22.4 Å². The lowest BCUT2D eigenvalue weighted by atomic mass is 10.0. The van der Waals surface area contributed by atoms with Gasteiger partial charge in [-0.1, -0.05) is 17.7 Å². The Morgan fingerprint density at radius 1 is 1.00 bits per heavy atom. The van der Waals surface area contributed by atoms with Gasteiger partial charge in [0.25, 0.3) is 0 Å². The molecule has 7 heteroatoms. The van der Waals surface area contributed by atoms with Gasteiger partial charge in [-0.2, -0.15) is 0 Å². The fraction of sp³-hybridized carbons (Fsp3) is 0.571. The van der Waals surface area contributed by atoms with Gasteiger partial charge in [-0.15, -0.1) is 0 Å². The molecule has 0 atom stereocenters. The Morgan fingerprint density at radius 3 is 2.04 bits per heavy atom. The van der Waals surface area contributed by atoms with Crippen molar-refractivity contribution in [2.45, 2.75) is 40.5 Å². The molecule has 0 spiro atoms. The van der Waals surface area contributed by atoms with Crippen molar-refractivity contribution in [2.24, 2.45) is 5.41 Å². The zero-order valence-electron chi connectivity index (χ0n) is 17.1. The van der Waals surface area contributed by atoms with Gasteiger partial charge < -0.3 is 19.9 Å². The lowest BCUT2D eigenvalue weighted by Crippen LogP contribution is -2.53. The first-order valence-electron chi connectivity index (χ1n) is 9.89. The number of hydrogen-bond acceptors (Lipinski definition) is 4. The first-order chi connectivity index (χ1) is 13.3. The van der Waals surface area contributed by atoms with Gasteiger partial charge in [0.1, 0.15) is 5.41 Å². The number of piperazine rings is 1. The zero-order valence-corrected chi connectivity index (χ0v) is 17.1. The zero-order chi connectivity index (χ0) is 20.5. The smallest absolute Gasteiger partial charge is 0.409 e. The predicted molar refractivity (Wildman–Crippen MR) is 106 cm³/mol. The average Bonchev–Trinajstić information content (AvgIpc) is 3.46. The summed E-state index contributed by atoms with van der Waals surface area (Å²) in [6, 6.07) is 4.05. The molecule has 1 aromatic rings. The Hall–Kier alpha value is -2.57. The van der Waals surface area contributed by atoms with Crippen LogP contribution in [-0.2, 0) is 14.3 Å². The molecule has 2 aliphatic rings. The number of hydrogen-bond donors (Lipinski definition) is 1. The second-order valence-electron chi connectivity index (χ2n) is 7.79. The van der Waals surface area contributed by atoms with Crippen molar-refractivity contribution < 1.29 is 19.1 Å². The van der Waals surface area contributed by atoms with Crippen LogP contribution in [0, 0.1) is 26.2 Å². The minimum absolute atomic E-state index is 0.129. The first-order valence-corrected chi connectivity index (χ1v) is 9.89. The second kappa shape index (κ2) is 7.81. The van der Waals surface area contributed by atoms with Crippen molar-refractivity contribution in [3.63, 3.8) is 0 Å². The van der Waals surface area contributed by atoms with Crippen LogP contribution in [0.3, 0.4) is 0 Å². The number of ether oxygens (including phenoxy) is 1. The number of aryl methyl sites for hydroxylation is 3. The molecule has 0 unspecified atom stereocenters. The highest BCUT2D eigenvalue weighted by atomic mass is 16.6. The highest BCUT2D eigenvalue weighted by Gasteiger charge is 2.58. The van der Waals surface area contributed by atoms with E-state index in [2.05, 4.69) is 5.32 Å². The molecule has 3 rings (SSSR count). The molecule has 1 aliphatic heterocycles. The third-order valence-corrected chi connectivity index (χ3v) is 5.60. The van der Waals surface area contributed by atoms with Gasteiger partial charge in [-0.3, -0.25) is 9.59 Å². The molecule has 1 N–H and O–H groups in total. The molecule has 1 aliphatic carbocycles. The number of anilines is 1. The molecule has 0 radical (unpaired) electrons. The van der Waals surface area contributed by atoms with Crippen LogP contribution in [0.2, 0.25) is 0 Å². The monoisotopic (exact) mass is 387 g/mol. The molecule has 0 aromatic heterocycles. The van der Waals surface area contributed by atoms with Gasteiger partial charge in [0.15, 0.2) is 0 Å². The summed E-state index contributed by atoms with van der Waals surface area (Å²) in [5.74, 6) is -0.351. The maximum Gasteiger partial charge on any atom is 0.409 e. The molecule has 1 aromatic carbocycles. The van der Waals surface area contributed by atoms with Crippen molar-refractivity contribution in [1.29, 1.82) is 0 Å². The largest absolute Gasteiger partial charge is 0.450 e. The Bertz CT molecular complexity index is 770. The SMILES string of the molecule is CCOC(=O)N1CCN(C(=O)C2(C(=O)Nc3c(C)cc(C)cc3C)CC2)CC1.